The molecular weight excluding hydrogens is 198 g/mol. The van der Waals surface area contributed by atoms with Crippen LogP contribution in [0.5, 0.6) is 5.75 Å². The second-order valence-electron chi connectivity index (χ2n) is 4.29. The Labute approximate surface area is 95.2 Å². The summed E-state index contributed by atoms with van der Waals surface area (Å²) in [4.78, 5) is 0. The Morgan fingerprint density at radius 1 is 1.12 bits per heavy atom. The van der Waals surface area contributed by atoms with Gasteiger partial charge in [-0.3, -0.25) is 0 Å². The Kier molecular flexibility index (Phi) is 2.11. The molecule has 0 spiro atoms. The number of likely N-dealkylation sites (N-methyl/N-ethyl adjacent to an activating group) is 1. The van der Waals surface area contributed by atoms with Crippen LogP contribution >= 0.6 is 0 Å². The monoisotopic (exact) mass is 213 g/mol. The smallest absolute Gasteiger partial charge is 0.132 e. The van der Waals surface area contributed by atoms with E-state index in [4.69, 9.17) is 4.74 Å². The van der Waals surface area contributed by atoms with Gasteiger partial charge >= 0.3 is 0 Å². The predicted octanol–water partition coefficient (Wildman–Crippen LogP) is 2.88. The number of ether oxygens (including phenoxy) is 1. The van der Waals surface area contributed by atoms with E-state index in [0.29, 0.717) is 6.04 Å². The largest absolute Gasteiger partial charge is 0.488 e. The van der Waals surface area contributed by atoms with E-state index in [1.165, 1.54) is 16.3 Å². The van der Waals surface area contributed by atoms with Crippen molar-refractivity contribution < 1.29 is 4.74 Å². The minimum Gasteiger partial charge on any atom is -0.488 e. The SMILES string of the molecule is CNC1c2ccc3ccccc3c2OC1C. The summed E-state index contributed by atoms with van der Waals surface area (Å²) in [6, 6.07) is 13.0. The average Bonchev–Trinajstić information content (AvgIpc) is 2.65. The molecule has 2 heteroatoms. The Balaban J connectivity index is 2.26. The van der Waals surface area contributed by atoms with E-state index in [-0.39, 0.29) is 6.10 Å². The molecule has 2 aromatic carbocycles. The summed E-state index contributed by atoms with van der Waals surface area (Å²) in [5.41, 5.74) is 1.27. The van der Waals surface area contributed by atoms with Crippen LogP contribution in [0.4, 0.5) is 0 Å². The Bertz CT molecular complexity index is 535. The minimum absolute atomic E-state index is 0.200. The molecular formula is C14H15NO. The molecule has 0 saturated carbocycles. The van der Waals surface area contributed by atoms with Gasteiger partial charge in [-0.25, -0.2) is 0 Å². The van der Waals surface area contributed by atoms with Crippen LogP contribution in [-0.4, -0.2) is 13.2 Å². The van der Waals surface area contributed by atoms with Crippen molar-refractivity contribution in [3.05, 3.63) is 42.0 Å². The second kappa shape index (κ2) is 3.49. The van der Waals surface area contributed by atoms with Gasteiger partial charge in [0.2, 0.25) is 0 Å². The van der Waals surface area contributed by atoms with Gasteiger partial charge in [-0.05, 0) is 19.4 Å². The first-order chi connectivity index (χ1) is 7.81. The predicted molar refractivity (Wildman–Crippen MR) is 65.8 cm³/mol. The molecule has 0 radical (unpaired) electrons. The van der Waals surface area contributed by atoms with Gasteiger partial charge < -0.3 is 10.1 Å². The summed E-state index contributed by atoms with van der Waals surface area (Å²) in [6.07, 6.45) is 0.200. The van der Waals surface area contributed by atoms with Crippen molar-refractivity contribution in [3.63, 3.8) is 0 Å². The number of nitrogens with one attached hydrogen (secondary N) is 1. The summed E-state index contributed by atoms with van der Waals surface area (Å²) in [5, 5.41) is 5.76. The van der Waals surface area contributed by atoms with E-state index in [0.717, 1.165) is 5.75 Å². The average molecular weight is 213 g/mol. The van der Waals surface area contributed by atoms with Crippen LogP contribution in [0.1, 0.15) is 18.5 Å². The van der Waals surface area contributed by atoms with Gasteiger partial charge in [0, 0.05) is 10.9 Å². The highest BCUT2D eigenvalue weighted by Crippen LogP contribution is 2.41. The molecule has 2 unspecified atom stereocenters. The Hall–Kier alpha value is -1.54. The normalized spacial score (nSPS) is 23.1. The molecule has 16 heavy (non-hydrogen) atoms. The lowest BCUT2D eigenvalue weighted by Crippen LogP contribution is -2.25. The molecule has 1 aliphatic heterocycles. The van der Waals surface area contributed by atoms with E-state index in [1.807, 2.05) is 7.05 Å². The molecule has 0 bridgehead atoms. The van der Waals surface area contributed by atoms with Crippen LogP contribution in [0.25, 0.3) is 10.8 Å². The molecule has 1 N–H and O–H groups in total. The summed E-state index contributed by atoms with van der Waals surface area (Å²) in [7, 11) is 1.98. The summed E-state index contributed by atoms with van der Waals surface area (Å²) >= 11 is 0. The summed E-state index contributed by atoms with van der Waals surface area (Å²) in [5.74, 6) is 1.05. The molecule has 1 aliphatic rings. The standard InChI is InChI=1S/C14H15NO/c1-9-13(15-2)12-8-7-10-5-3-4-6-11(10)14(12)16-9/h3-9,13,15H,1-2H3. The number of hydrogen-bond donors (Lipinski definition) is 1. The number of rotatable bonds is 1. The third-order valence-electron chi connectivity index (χ3n) is 3.33. The maximum Gasteiger partial charge on any atom is 0.132 e. The van der Waals surface area contributed by atoms with Crippen molar-refractivity contribution in [1.29, 1.82) is 0 Å². The van der Waals surface area contributed by atoms with Gasteiger partial charge in [0.1, 0.15) is 11.9 Å². The molecule has 2 nitrogen and oxygen atoms in total. The van der Waals surface area contributed by atoms with Crippen LogP contribution in [0.3, 0.4) is 0 Å². The van der Waals surface area contributed by atoms with Gasteiger partial charge in [-0.15, -0.1) is 0 Å². The molecule has 0 fully saturated rings. The van der Waals surface area contributed by atoms with Crippen molar-refractivity contribution in [2.45, 2.75) is 19.1 Å². The number of benzene rings is 2. The van der Waals surface area contributed by atoms with Crippen LogP contribution in [0.2, 0.25) is 0 Å². The van der Waals surface area contributed by atoms with Crippen LogP contribution in [0.15, 0.2) is 36.4 Å². The highest BCUT2D eigenvalue weighted by Gasteiger charge is 2.30. The first kappa shape index (κ1) is 9.67. The molecule has 0 aromatic heterocycles. The van der Waals surface area contributed by atoms with Gasteiger partial charge in [0.25, 0.3) is 0 Å². The maximum absolute atomic E-state index is 5.96. The lowest BCUT2D eigenvalue weighted by atomic mass is 10.0. The Morgan fingerprint density at radius 2 is 1.94 bits per heavy atom. The highest BCUT2D eigenvalue weighted by atomic mass is 16.5. The number of fused-ring (bicyclic) bond motifs is 3. The quantitative estimate of drug-likeness (QED) is 0.786. The molecule has 1 heterocycles. The molecule has 3 rings (SSSR count). The van der Waals surface area contributed by atoms with Gasteiger partial charge in [0.15, 0.2) is 0 Å². The molecule has 2 atom stereocenters. The van der Waals surface area contributed by atoms with Crippen LogP contribution < -0.4 is 10.1 Å². The highest BCUT2D eigenvalue weighted by molar-refractivity contribution is 5.90. The van der Waals surface area contributed by atoms with Crippen molar-refractivity contribution in [2.24, 2.45) is 0 Å². The molecule has 0 amide bonds. The lowest BCUT2D eigenvalue weighted by molar-refractivity contribution is 0.216. The van der Waals surface area contributed by atoms with Crippen molar-refractivity contribution >= 4 is 10.8 Å². The zero-order chi connectivity index (χ0) is 11.1. The van der Waals surface area contributed by atoms with E-state index in [1.54, 1.807) is 0 Å². The molecule has 2 aromatic rings. The molecule has 0 aliphatic carbocycles. The van der Waals surface area contributed by atoms with E-state index < -0.39 is 0 Å². The first-order valence-corrected chi connectivity index (χ1v) is 5.67. The van der Waals surface area contributed by atoms with Crippen LogP contribution in [0, 0.1) is 0 Å². The van der Waals surface area contributed by atoms with E-state index >= 15 is 0 Å². The lowest BCUT2D eigenvalue weighted by Gasteiger charge is -2.12. The molecule has 82 valence electrons. The van der Waals surface area contributed by atoms with Crippen molar-refractivity contribution in [3.8, 4) is 5.75 Å². The zero-order valence-electron chi connectivity index (χ0n) is 9.53. The summed E-state index contributed by atoms with van der Waals surface area (Å²) < 4.78 is 5.96. The van der Waals surface area contributed by atoms with Crippen molar-refractivity contribution in [1.82, 2.24) is 5.32 Å². The van der Waals surface area contributed by atoms with Crippen molar-refractivity contribution in [2.75, 3.05) is 7.05 Å². The fourth-order valence-electron chi connectivity index (χ4n) is 2.53. The van der Waals surface area contributed by atoms with E-state index in [2.05, 4.69) is 48.6 Å². The topological polar surface area (TPSA) is 21.3 Å². The van der Waals surface area contributed by atoms with E-state index in [9.17, 15) is 0 Å². The zero-order valence-corrected chi connectivity index (χ0v) is 9.53. The fourth-order valence-corrected chi connectivity index (χ4v) is 2.53. The fraction of sp³-hybridized carbons (Fsp3) is 0.286. The Morgan fingerprint density at radius 3 is 2.75 bits per heavy atom. The summed E-state index contributed by atoms with van der Waals surface area (Å²) in [6.45, 7) is 2.11. The van der Waals surface area contributed by atoms with Gasteiger partial charge in [-0.2, -0.15) is 0 Å². The van der Waals surface area contributed by atoms with Gasteiger partial charge in [0.05, 0.1) is 6.04 Å². The maximum atomic E-state index is 5.96. The third-order valence-corrected chi connectivity index (χ3v) is 3.33. The second-order valence-corrected chi connectivity index (χ2v) is 4.29. The third kappa shape index (κ3) is 1.23. The molecule has 0 saturated heterocycles. The van der Waals surface area contributed by atoms with Gasteiger partial charge in [-0.1, -0.05) is 36.4 Å². The first-order valence-electron chi connectivity index (χ1n) is 5.67. The van der Waals surface area contributed by atoms with Crippen LogP contribution in [-0.2, 0) is 0 Å². The number of hydrogen-bond acceptors (Lipinski definition) is 2. The minimum atomic E-state index is 0.200.